The van der Waals surface area contributed by atoms with Gasteiger partial charge in [-0.15, -0.1) is 0 Å². The Morgan fingerprint density at radius 3 is 2.76 bits per heavy atom. The van der Waals surface area contributed by atoms with E-state index in [0.29, 0.717) is 5.54 Å². The van der Waals surface area contributed by atoms with Gasteiger partial charge in [0.25, 0.3) is 0 Å². The van der Waals surface area contributed by atoms with E-state index in [1.807, 2.05) is 18.2 Å². The Morgan fingerprint density at radius 1 is 1.19 bits per heavy atom. The molecule has 3 heterocycles. The zero-order valence-electron chi connectivity index (χ0n) is 12.3. The highest BCUT2D eigenvalue weighted by atomic mass is 15.3. The van der Waals surface area contributed by atoms with Crippen LogP contribution in [0.1, 0.15) is 25.7 Å². The molecule has 0 bridgehead atoms. The van der Waals surface area contributed by atoms with Crippen LogP contribution in [0.2, 0.25) is 0 Å². The number of rotatable bonds is 3. The zero-order valence-corrected chi connectivity index (χ0v) is 12.3. The summed E-state index contributed by atoms with van der Waals surface area (Å²) in [5, 5.41) is 4.78. The van der Waals surface area contributed by atoms with Crippen LogP contribution in [0.4, 0.5) is 11.4 Å². The zero-order chi connectivity index (χ0) is 14.3. The summed E-state index contributed by atoms with van der Waals surface area (Å²) in [6.07, 6.45) is 7.04. The second kappa shape index (κ2) is 4.88. The van der Waals surface area contributed by atoms with Gasteiger partial charge in [-0.25, -0.2) is 0 Å². The summed E-state index contributed by atoms with van der Waals surface area (Å²) in [6, 6.07) is 8.20. The smallest absolute Gasteiger partial charge is 0.0743 e. The lowest BCUT2D eigenvalue weighted by Gasteiger charge is -2.33. The number of anilines is 2. The van der Waals surface area contributed by atoms with E-state index in [4.69, 9.17) is 5.73 Å². The van der Waals surface area contributed by atoms with Gasteiger partial charge in [-0.2, -0.15) is 0 Å². The molecule has 4 rings (SSSR count). The monoisotopic (exact) mass is 282 g/mol. The molecular weight excluding hydrogens is 260 g/mol. The van der Waals surface area contributed by atoms with Gasteiger partial charge >= 0.3 is 0 Å². The standard InChI is InChI=1S/C17H22N4/c18-14-11-19-15-6-2-1-5-13(15)16(14)20-12-17-7-3-9-21(17)10-4-8-17/h1-2,5-6,11H,3-4,7-10,12,18H2,(H,19,20). The topological polar surface area (TPSA) is 54.2 Å². The lowest BCUT2D eigenvalue weighted by molar-refractivity contribution is 0.209. The Morgan fingerprint density at radius 2 is 1.95 bits per heavy atom. The molecule has 1 aromatic heterocycles. The highest BCUT2D eigenvalue weighted by Gasteiger charge is 2.43. The van der Waals surface area contributed by atoms with Gasteiger partial charge in [0.1, 0.15) is 0 Å². The summed E-state index contributed by atoms with van der Waals surface area (Å²) in [5.74, 6) is 0. The third kappa shape index (κ3) is 2.05. The van der Waals surface area contributed by atoms with Crippen LogP contribution in [0.3, 0.4) is 0 Å². The number of pyridine rings is 1. The summed E-state index contributed by atoms with van der Waals surface area (Å²) in [7, 11) is 0. The molecule has 0 spiro atoms. The van der Waals surface area contributed by atoms with Crippen LogP contribution < -0.4 is 11.1 Å². The maximum atomic E-state index is 6.17. The van der Waals surface area contributed by atoms with E-state index in [1.54, 1.807) is 6.20 Å². The Labute approximate surface area is 125 Å². The molecule has 21 heavy (non-hydrogen) atoms. The van der Waals surface area contributed by atoms with Crippen molar-refractivity contribution in [3.8, 4) is 0 Å². The number of benzene rings is 1. The first kappa shape index (κ1) is 12.9. The fourth-order valence-electron chi connectivity index (χ4n) is 4.12. The number of nitrogens with zero attached hydrogens (tertiary/aromatic N) is 2. The number of nitrogen functional groups attached to an aromatic ring is 1. The van der Waals surface area contributed by atoms with E-state index in [2.05, 4.69) is 21.3 Å². The Kier molecular flexibility index (Phi) is 3.00. The van der Waals surface area contributed by atoms with Gasteiger partial charge in [0.05, 0.1) is 23.1 Å². The summed E-state index contributed by atoms with van der Waals surface area (Å²) < 4.78 is 0. The average Bonchev–Trinajstić information content (AvgIpc) is 3.06. The molecule has 4 heteroatoms. The van der Waals surface area contributed by atoms with Crippen molar-refractivity contribution in [2.75, 3.05) is 30.7 Å². The number of fused-ring (bicyclic) bond motifs is 2. The minimum absolute atomic E-state index is 0.358. The van der Waals surface area contributed by atoms with E-state index in [9.17, 15) is 0 Å². The van der Waals surface area contributed by atoms with Crippen LogP contribution >= 0.6 is 0 Å². The lowest BCUT2D eigenvalue weighted by Crippen LogP contribution is -2.44. The van der Waals surface area contributed by atoms with Crippen molar-refractivity contribution in [1.29, 1.82) is 0 Å². The van der Waals surface area contributed by atoms with Crippen LogP contribution in [0.5, 0.6) is 0 Å². The molecule has 0 unspecified atom stereocenters. The number of nitrogens with two attached hydrogens (primary N) is 1. The van der Waals surface area contributed by atoms with Gasteiger partial charge in [0, 0.05) is 17.5 Å². The van der Waals surface area contributed by atoms with Gasteiger partial charge in [-0.05, 0) is 44.8 Å². The third-order valence-corrected chi connectivity index (χ3v) is 5.21. The highest BCUT2D eigenvalue weighted by Crippen LogP contribution is 2.39. The average molecular weight is 282 g/mol. The van der Waals surface area contributed by atoms with Crippen molar-refractivity contribution in [2.45, 2.75) is 31.2 Å². The quantitative estimate of drug-likeness (QED) is 0.909. The molecule has 2 fully saturated rings. The summed E-state index contributed by atoms with van der Waals surface area (Å²) in [4.78, 5) is 7.08. The molecule has 0 radical (unpaired) electrons. The molecule has 0 atom stereocenters. The Bertz CT molecular complexity index is 657. The Hall–Kier alpha value is -1.81. The van der Waals surface area contributed by atoms with Gasteiger partial charge in [0.15, 0.2) is 0 Å². The molecule has 110 valence electrons. The fourth-order valence-corrected chi connectivity index (χ4v) is 4.12. The van der Waals surface area contributed by atoms with E-state index in [1.165, 1.54) is 38.8 Å². The van der Waals surface area contributed by atoms with Gasteiger partial charge in [-0.3, -0.25) is 9.88 Å². The number of hydrogen-bond acceptors (Lipinski definition) is 4. The lowest BCUT2D eigenvalue weighted by atomic mass is 9.94. The summed E-state index contributed by atoms with van der Waals surface area (Å²) in [5.41, 5.74) is 9.32. The first-order chi connectivity index (χ1) is 10.3. The van der Waals surface area contributed by atoms with Gasteiger partial charge in [-0.1, -0.05) is 18.2 Å². The SMILES string of the molecule is Nc1cnc2ccccc2c1NCC12CCCN1CCC2. The molecule has 0 aliphatic carbocycles. The molecule has 3 N–H and O–H groups in total. The van der Waals surface area contributed by atoms with E-state index >= 15 is 0 Å². The molecule has 0 saturated carbocycles. The molecule has 2 aromatic rings. The van der Waals surface area contributed by atoms with Gasteiger partial charge < -0.3 is 11.1 Å². The first-order valence-electron chi connectivity index (χ1n) is 7.91. The molecule has 2 saturated heterocycles. The number of aromatic nitrogens is 1. The van der Waals surface area contributed by atoms with E-state index in [-0.39, 0.29) is 0 Å². The second-order valence-electron chi connectivity index (χ2n) is 6.38. The Balaban J connectivity index is 1.64. The van der Waals surface area contributed by atoms with Crippen molar-refractivity contribution in [3.05, 3.63) is 30.5 Å². The van der Waals surface area contributed by atoms with E-state index < -0.39 is 0 Å². The summed E-state index contributed by atoms with van der Waals surface area (Å²) >= 11 is 0. The van der Waals surface area contributed by atoms with Crippen LogP contribution in [-0.4, -0.2) is 35.1 Å². The van der Waals surface area contributed by atoms with Crippen molar-refractivity contribution in [2.24, 2.45) is 0 Å². The predicted octanol–water partition coefficient (Wildman–Crippen LogP) is 2.86. The number of hydrogen-bond donors (Lipinski definition) is 2. The second-order valence-corrected chi connectivity index (χ2v) is 6.38. The largest absolute Gasteiger partial charge is 0.396 e. The molecule has 1 aromatic carbocycles. The minimum atomic E-state index is 0.358. The summed E-state index contributed by atoms with van der Waals surface area (Å²) in [6.45, 7) is 3.51. The van der Waals surface area contributed by atoms with Crippen molar-refractivity contribution >= 4 is 22.3 Å². The normalized spacial score (nSPS) is 20.8. The van der Waals surface area contributed by atoms with Crippen LogP contribution in [0.25, 0.3) is 10.9 Å². The van der Waals surface area contributed by atoms with Crippen LogP contribution in [-0.2, 0) is 0 Å². The van der Waals surface area contributed by atoms with Crippen molar-refractivity contribution < 1.29 is 0 Å². The number of para-hydroxylation sites is 1. The fraction of sp³-hybridized carbons (Fsp3) is 0.471. The maximum Gasteiger partial charge on any atom is 0.0743 e. The molecule has 4 nitrogen and oxygen atoms in total. The minimum Gasteiger partial charge on any atom is -0.396 e. The van der Waals surface area contributed by atoms with E-state index in [0.717, 1.165) is 28.8 Å². The molecule has 2 aliphatic rings. The highest BCUT2D eigenvalue weighted by molar-refractivity contribution is 5.96. The molecule has 0 amide bonds. The van der Waals surface area contributed by atoms with Crippen LogP contribution in [0.15, 0.2) is 30.5 Å². The van der Waals surface area contributed by atoms with Crippen LogP contribution in [0, 0.1) is 0 Å². The molecule has 2 aliphatic heterocycles. The maximum absolute atomic E-state index is 6.17. The third-order valence-electron chi connectivity index (χ3n) is 5.21. The van der Waals surface area contributed by atoms with Gasteiger partial charge in [0.2, 0.25) is 0 Å². The molecular formula is C17H22N4. The first-order valence-corrected chi connectivity index (χ1v) is 7.91. The van der Waals surface area contributed by atoms with Crippen molar-refractivity contribution in [3.63, 3.8) is 0 Å². The predicted molar refractivity (Wildman–Crippen MR) is 87.4 cm³/mol. The number of nitrogens with one attached hydrogen (secondary N) is 1. The van der Waals surface area contributed by atoms with Crippen molar-refractivity contribution in [1.82, 2.24) is 9.88 Å².